The van der Waals surface area contributed by atoms with E-state index in [1.807, 2.05) is 13.1 Å². The first-order valence-corrected chi connectivity index (χ1v) is 14.0. The van der Waals surface area contributed by atoms with E-state index >= 15 is 0 Å². The monoisotopic (exact) mass is 582 g/mol. The summed E-state index contributed by atoms with van der Waals surface area (Å²) in [6, 6.07) is 3.46. The number of nitrogens with two attached hydrogens (primary N) is 1. The van der Waals surface area contributed by atoms with E-state index in [1.54, 1.807) is 46.9 Å². The molecule has 0 radical (unpaired) electrons. The van der Waals surface area contributed by atoms with Crippen molar-refractivity contribution in [3.63, 3.8) is 0 Å². The molecule has 0 saturated carbocycles. The van der Waals surface area contributed by atoms with Crippen molar-refractivity contribution in [3.05, 3.63) is 48.7 Å². The first-order valence-electron chi connectivity index (χ1n) is 14.0. The molecule has 0 spiro atoms. The number of morpholine rings is 1. The molecule has 5 aromatic rings. The van der Waals surface area contributed by atoms with Crippen LogP contribution in [-0.4, -0.2) is 121 Å². The summed E-state index contributed by atoms with van der Waals surface area (Å²) in [7, 11) is 2.03. The lowest BCUT2D eigenvalue weighted by Crippen LogP contribution is -2.54. The molecule has 15 nitrogen and oxygen atoms in total. The quantitative estimate of drug-likeness (QED) is 0.160. The molecule has 7 heterocycles. The number of amides is 3. The Hall–Kier alpha value is -4.99. The number of H-pyrrole nitrogens is 2. The Morgan fingerprint density at radius 1 is 0.930 bits per heavy atom. The second kappa shape index (κ2) is 11.0. The van der Waals surface area contributed by atoms with Crippen molar-refractivity contribution in [2.24, 2.45) is 5.84 Å². The molecule has 15 heteroatoms. The number of aromatic amines is 2. The minimum atomic E-state index is -0.274. The maximum Gasteiger partial charge on any atom is 0.339 e. The average Bonchev–Trinajstić information content (AvgIpc) is 3.68. The topological polar surface area (TPSA) is 178 Å². The Balaban J connectivity index is 1.19. The van der Waals surface area contributed by atoms with Gasteiger partial charge in [0.05, 0.1) is 47.8 Å². The number of urea groups is 1. The lowest BCUT2D eigenvalue weighted by atomic mass is 10.1. The minimum Gasteiger partial charge on any atom is -0.378 e. The van der Waals surface area contributed by atoms with Crippen LogP contribution in [0.15, 0.2) is 43.1 Å². The zero-order valence-corrected chi connectivity index (χ0v) is 23.5. The zero-order chi connectivity index (χ0) is 29.5. The number of piperazine rings is 1. The second-order valence-corrected chi connectivity index (χ2v) is 10.6. The van der Waals surface area contributed by atoms with Crippen LogP contribution in [0.2, 0.25) is 0 Å². The van der Waals surface area contributed by atoms with Crippen LogP contribution in [0.25, 0.3) is 44.7 Å². The third kappa shape index (κ3) is 5.03. The summed E-state index contributed by atoms with van der Waals surface area (Å²) < 4.78 is 5.39. The summed E-state index contributed by atoms with van der Waals surface area (Å²) in [5.74, 6) is 6.59. The summed E-state index contributed by atoms with van der Waals surface area (Å²) in [6.07, 6.45) is 8.14. The maximum absolute atomic E-state index is 13.2. The Bertz CT molecular complexity index is 1820. The number of anilines is 1. The van der Waals surface area contributed by atoms with Crippen LogP contribution in [-0.2, 0) is 4.74 Å². The molecule has 220 valence electrons. The van der Waals surface area contributed by atoms with E-state index in [-0.39, 0.29) is 11.9 Å². The summed E-state index contributed by atoms with van der Waals surface area (Å²) in [5, 5.41) is 9.29. The van der Waals surface area contributed by atoms with Crippen LogP contribution < -0.4 is 10.9 Å². The van der Waals surface area contributed by atoms with Gasteiger partial charge in [-0.25, -0.2) is 25.6 Å². The molecule has 2 aliphatic rings. The molecule has 0 atom stereocenters. The molecule has 2 aliphatic heterocycles. The Morgan fingerprint density at radius 3 is 2.51 bits per heavy atom. The number of rotatable bonds is 4. The van der Waals surface area contributed by atoms with E-state index in [1.165, 1.54) is 0 Å². The lowest BCUT2D eigenvalue weighted by molar-refractivity contribution is 0.0304. The van der Waals surface area contributed by atoms with Crippen LogP contribution in [0.5, 0.6) is 0 Å². The van der Waals surface area contributed by atoms with Gasteiger partial charge in [-0.1, -0.05) is 0 Å². The van der Waals surface area contributed by atoms with Crippen LogP contribution in [0, 0.1) is 0 Å². The minimum absolute atomic E-state index is 0.136. The van der Waals surface area contributed by atoms with Crippen LogP contribution in [0.1, 0.15) is 10.4 Å². The van der Waals surface area contributed by atoms with Crippen LogP contribution in [0.3, 0.4) is 0 Å². The molecule has 2 saturated heterocycles. The van der Waals surface area contributed by atoms with E-state index in [9.17, 15) is 9.59 Å². The van der Waals surface area contributed by atoms with Crippen molar-refractivity contribution in [2.75, 3.05) is 64.5 Å². The molecular formula is C28H30N12O3. The molecule has 0 bridgehead atoms. The van der Waals surface area contributed by atoms with Gasteiger partial charge in [-0.2, -0.15) is 5.10 Å². The molecule has 4 N–H and O–H groups in total. The smallest absolute Gasteiger partial charge is 0.339 e. The van der Waals surface area contributed by atoms with Crippen molar-refractivity contribution in [2.45, 2.75) is 0 Å². The van der Waals surface area contributed by atoms with Gasteiger partial charge in [0.25, 0.3) is 5.91 Å². The first kappa shape index (κ1) is 26.9. The molecule has 0 aliphatic carbocycles. The number of hydrazine groups is 1. The number of pyridine rings is 3. The number of carbonyl (C=O) groups excluding carboxylic acids is 2. The molecule has 0 unspecified atom stereocenters. The fourth-order valence-corrected chi connectivity index (χ4v) is 5.36. The maximum atomic E-state index is 13.2. The number of nitrogens with zero attached hydrogens (tertiary/aromatic N) is 9. The number of fused-ring (bicyclic) bond motifs is 2. The molecule has 2 fully saturated rings. The van der Waals surface area contributed by atoms with E-state index in [0.29, 0.717) is 84.2 Å². The molecule has 0 aromatic carbocycles. The number of likely N-dealkylation sites (N-methyl/N-ethyl adjacent to an activating group) is 1. The van der Waals surface area contributed by atoms with Gasteiger partial charge in [0.1, 0.15) is 11.2 Å². The summed E-state index contributed by atoms with van der Waals surface area (Å²) in [5.41, 5.74) is 4.62. The van der Waals surface area contributed by atoms with Crippen LogP contribution in [0.4, 0.5) is 10.5 Å². The Kier molecular flexibility index (Phi) is 6.89. The summed E-state index contributed by atoms with van der Waals surface area (Å²) in [6.45, 7) is 4.86. The van der Waals surface area contributed by atoms with Gasteiger partial charge in [0.2, 0.25) is 0 Å². The zero-order valence-electron chi connectivity index (χ0n) is 23.5. The molecule has 3 amide bonds. The van der Waals surface area contributed by atoms with Crippen molar-refractivity contribution < 1.29 is 14.3 Å². The SMILES string of the molecule is CN1CCN(C(=O)N(N)c2cncc(-c3cnc4[nH]nc(-c5nc6c(C(=O)N7CCOCC7)cncc6[nH]5)c4c3)c2)CC1. The van der Waals surface area contributed by atoms with Crippen molar-refractivity contribution in [1.82, 2.24) is 49.8 Å². The van der Waals surface area contributed by atoms with Crippen molar-refractivity contribution in [3.8, 4) is 22.6 Å². The van der Waals surface area contributed by atoms with Gasteiger partial charge < -0.3 is 24.4 Å². The standard InChI is InChI=1S/C28H30N12O3/c1-37-2-4-39(5-3-37)28(42)40(29)19-10-17(12-30-14-19)18-11-20-24(35-36-25(20)32-13-18)26-33-22-16-31-15-21(23(22)34-26)27(41)38-6-8-43-9-7-38/h10-16H,2-9,29H2,1H3,(H,33,34)(H,32,35,36). The third-order valence-electron chi connectivity index (χ3n) is 7.88. The number of carbonyl (C=O) groups is 2. The molecule has 5 aromatic heterocycles. The molecular weight excluding hydrogens is 552 g/mol. The van der Waals surface area contributed by atoms with Gasteiger partial charge in [0, 0.05) is 69.0 Å². The summed E-state index contributed by atoms with van der Waals surface area (Å²) in [4.78, 5) is 53.1. The van der Waals surface area contributed by atoms with Gasteiger partial charge in [-0.3, -0.25) is 19.9 Å². The van der Waals surface area contributed by atoms with E-state index in [0.717, 1.165) is 29.2 Å². The number of hydrogen-bond donors (Lipinski definition) is 3. The molecule has 7 rings (SSSR count). The van der Waals surface area contributed by atoms with E-state index in [2.05, 4.69) is 35.0 Å². The van der Waals surface area contributed by atoms with Crippen LogP contribution >= 0.6 is 0 Å². The Labute approximate surface area is 245 Å². The fraction of sp³-hybridized carbons (Fsp3) is 0.321. The highest BCUT2D eigenvalue weighted by molar-refractivity contribution is 6.05. The predicted molar refractivity (Wildman–Crippen MR) is 158 cm³/mol. The van der Waals surface area contributed by atoms with Gasteiger partial charge in [-0.15, -0.1) is 0 Å². The highest BCUT2D eigenvalue weighted by Gasteiger charge is 2.25. The van der Waals surface area contributed by atoms with Gasteiger partial charge >= 0.3 is 6.03 Å². The lowest BCUT2D eigenvalue weighted by Gasteiger charge is -2.34. The van der Waals surface area contributed by atoms with Gasteiger partial charge in [0.15, 0.2) is 11.5 Å². The van der Waals surface area contributed by atoms with Crippen molar-refractivity contribution >= 4 is 39.7 Å². The largest absolute Gasteiger partial charge is 0.378 e. The highest BCUT2D eigenvalue weighted by Crippen LogP contribution is 2.31. The number of hydrogen-bond acceptors (Lipinski definition) is 10. The fourth-order valence-electron chi connectivity index (χ4n) is 5.36. The molecule has 43 heavy (non-hydrogen) atoms. The highest BCUT2D eigenvalue weighted by atomic mass is 16.5. The first-order chi connectivity index (χ1) is 21.0. The van der Waals surface area contributed by atoms with E-state index < -0.39 is 0 Å². The number of ether oxygens (including phenoxy) is 1. The Morgan fingerprint density at radius 2 is 1.70 bits per heavy atom. The number of imidazole rings is 1. The van der Waals surface area contributed by atoms with E-state index in [4.69, 9.17) is 15.6 Å². The van der Waals surface area contributed by atoms with Crippen molar-refractivity contribution in [1.29, 1.82) is 0 Å². The number of aromatic nitrogens is 7. The van der Waals surface area contributed by atoms with Gasteiger partial charge in [-0.05, 0) is 19.2 Å². The average molecular weight is 583 g/mol. The summed E-state index contributed by atoms with van der Waals surface area (Å²) >= 11 is 0. The predicted octanol–water partition coefficient (Wildman–Crippen LogP) is 1.48. The normalized spacial score (nSPS) is 16.2. The number of nitrogens with one attached hydrogen (secondary N) is 2. The second-order valence-electron chi connectivity index (χ2n) is 10.6. The third-order valence-corrected chi connectivity index (χ3v) is 7.88.